The van der Waals surface area contributed by atoms with Gasteiger partial charge >= 0.3 is 5.97 Å². The van der Waals surface area contributed by atoms with Gasteiger partial charge in [-0.15, -0.1) is 0 Å². The number of carboxylic acids is 1. The lowest BCUT2D eigenvalue weighted by atomic mass is 10.1. The van der Waals surface area contributed by atoms with Crippen LogP contribution in [0.1, 0.15) is 32.6 Å². The van der Waals surface area contributed by atoms with E-state index in [-0.39, 0.29) is 0 Å². The van der Waals surface area contributed by atoms with Gasteiger partial charge in [-0.25, -0.2) is 4.79 Å². The first kappa shape index (κ1) is 16.1. The molecule has 0 aromatic heterocycles. The van der Waals surface area contributed by atoms with Crippen LogP contribution in [-0.2, 0) is 4.79 Å². The molecule has 0 aliphatic rings. The van der Waals surface area contributed by atoms with Crippen LogP contribution in [0.25, 0.3) is 11.1 Å². The highest BCUT2D eigenvalue weighted by Crippen LogP contribution is 2.23. The van der Waals surface area contributed by atoms with Gasteiger partial charge in [-0.05, 0) is 36.1 Å². The topological polar surface area (TPSA) is 46.5 Å². The predicted molar refractivity (Wildman–Crippen MR) is 88.1 cm³/mol. The molecule has 1 N–H and O–H groups in total. The van der Waals surface area contributed by atoms with Crippen molar-refractivity contribution in [1.29, 1.82) is 0 Å². The molecule has 3 heteroatoms. The van der Waals surface area contributed by atoms with E-state index in [1.807, 2.05) is 54.6 Å². The zero-order valence-electron chi connectivity index (χ0n) is 12.9. The van der Waals surface area contributed by atoms with Gasteiger partial charge in [0.2, 0.25) is 0 Å². The third-order valence-corrected chi connectivity index (χ3v) is 3.59. The third-order valence-electron chi connectivity index (χ3n) is 3.59. The van der Waals surface area contributed by atoms with Crippen LogP contribution in [0, 0.1) is 0 Å². The Morgan fingerprint density at radius 2 is 1.64 bits per heavy atom. The molecule has 0 bridgehead atoms. The van der Waals surface area contributed by atoms with E-state index in [0.717, 1.165) is 30.4 Å². The van der Waals surface area contributed by atoms with E-state index in [1.54, 1.807) is 0 Å². The predicted octanol–water partition coefficient (Wildman–Crippen LogP) is 4.77. The van der Waals surface area contributed by atoms with Crippen molar-refractivity contribution >= 4 is 5.97 Å². The number of hydrogen-bond acceptors (Lipinski definition) is 2. The second kappa shape index (κ2) is 8.23. The summed E-state index contributed by atoms with van der Waals surface area (Å²) in [4.78, 5) is 11.3. The summed E-state index contributed by atoms with van der Waals surface area (Å²) >= 11 is 0. The average molecular weight is 298 g/mol. The highest BCUT2D eigenvalue weighted by atomic mass is 16.5. The molecule has 1 unspecified atom stereocenters. The highest BCUT2D eigenvalue weighted by Gasteiger charge is 2.18. The molecule has 1 atom stereocenters. The maximum atomic E-state index is 11.3. The van der Waals surface area contributed by atoms with Crippen LogP contribution in [0.2, 0.25) is 0 Å². The minimum Gasteiger partial charge on any atom is -0.479 e. The van der Waals surface area contributed by atoms with Crippen molar-refractivity contribution in [1.82, 2.24) is 0 Å². The van der Waals surface area contributed by atoms with Crippen molar-refractivity contribution in [2.75, 3.05) is 0 Å². The number of carboxylic acid groups (broad SMARTS) is 1. The van der Waals surface area contributed by atoms with Crippen molar-refractivity contribution in [2.24, 2.45) is 0 Å². The molecular weight excluding hydrogens is 276 g/mol. The maximum absolute atomic E-state index is 11.3. The fourth-order valence-electron chi connectivity index (χ4n) is 2.33. The van der Waals surface area contributed by atoms with Crippen molar-refractivity contribution in [2.45, 2.75) is 38.7 Å². The lowest BCUT2D eigenvalue weighted by Crippen LogP contribution is -2.26. The first-order chi connectivity index (χ1) is 10.7. The summed E-state index contributed by atoms with van der Waals surface area (Å²) in [7, 11) is 0. The SMILES string of the molecule is CCCCCC(Oc1ccc(-c2ccccc2)cc1)C(=O)O. The second-order valence-electron chi connectivity index (χ2n) is 5.33. The van der Waals surface area contributed by atoms with Crippen LogP contribution < -0.4 is 4.74 Å². The Hall–Kier alpha value is -2.29. The van der Waals surface area contributed by atoms with E-state index < -0.39 is 12.1 Å². The molecule has 0 amide bonds. The van der Waals surface area contributed by atoms with Crippen LogP contribution >= 0.6 is 0 Å². The Bertz CT molecular complexity index is 575. The van der Waals surface area contributed by atoms with Gasteiger partial charge in [0.25, 0.3) is 0 Å². The number of hydrogen-bond donors (Lipinski definition) is 1. The van der Waals surface area contributed by atoms with Gasteiger partial charge in [0, 0.05) is 0 Å². The molecular formula is C19H22O3. The molecule has 0 saturated carbocycles. The normalized spacial score (nSPS) is 11.9. The largest absolute Gasteiger partial charge is 0.479 e. The van der Waals surface area contributed by atoms with E-state index in [0.29, 0.717) is 12.2 Å². The Kier molecular flexibility index (Phi) is 6.01. The fraction of sp³-hybridized carbons (Fsp3) is 0.316. The fourth-order valence-corrected chi connectivity index (χ4v) is 2.33. The minimum absolute atomic E-state index is 0.545. The van der Waals surface area contributed by atoms with Crippen LogP contribution in [0.5, 0.6) is 5.75 Å². The standard InChI is InChI=1S/C19H22O3/c1-2-3-5-10-18(19(20)21)22-17-13-11-16(12-14-17)15-8-6-4-7-9-15/h4,6-9,11-14,18H,2-3,5,10H2,1H3,(H,20,21). The number of unbranched alkanes of at least 4 members (excludes halogenated alkanes) is 2. The molecule has 2 rings (SSSR count). The van der Waals surface area contributed by atoms with Crippen molar-refractivity contribution in [3.8, 4) is 16.9 Å². The molecule has 0 aliphatic carbocycles. The van der Waals surface area contributed by atoms with Crippen molar-refractivity contribution < 1.29 is 14.6 Å². The summed E-state index contributed by atoms with van der Waals surface area (Å²) in [6, 6.07) is 17.6. The summed E-state index contributed by atoms with van der Waals surface area (Å²) in [6.45, 7) is 2.10. The average Bonchev–Trinajstić information content (AvgIpc) is 2.55. The molecule has 0 saturated heterocycles. The maximum Gasteiger partial charge on any atom is 0.344 e. The van der Waals surface area contributed by atoms with Gasteiger partial charge in [0.15, 0.2) is 6.10 Å². The number of benzene rings is 2. The van der Waals surface area contributed by atoms with Crippen molar-refractivity contribution in [3.63, 3.8) is 0 Å². The Labute approximate surface area is 131 Å². The summed E-state index contributed by atoms with van der Waals surface area (Å²) in [6.07, 6.45) is 2.74. The first-order valence-electron chi connectivity index (χ1n) is 7.75. The molecule has 116 valence electrons. The molecule has 0 aliphatic heterocycles. The third kappa shape index (κ3) is 4.62. The van der Waals surface area contributed by atoms with Gasteiger partial charge in [-0.2, -0.15) is 0 Å². The Morgan fingerprint density at radius 1 is 1.00 bits per heavy atom. The molecule has 0 spiro atoms. The molecule has 2 aromatic carbocycles. The summed E-state index contributed by atoms with van der Waals surface area (Å²) in [5.74, 6) is -0.299. The molecule has 0 heterocycles. The Balaban J connectivity index is 2.01. The monoisotopic (exact) mass is 298 g/mol. The number of rotatable bonds is 8. The van der Waals surface area contributed by atoms with Gasteiger partial charge in [-0.1, -0.05) is 62.2 Å². The number of ether oxygens (including phenoxy) is 1. The highest BCUT2D eigenvalue weighted by molar-refractivity contribution is 5.72. The first-order valence-corrected chi connectivity index (χ1v) is 7.75. The Morgan fingerprint density at radius 3 is 2.23 bits per heavy atom. The van der Waals surface area contributed by atoms with E-state index >= 15 is 0 Å². The minimum atomic E-state index is -0.900. The van der Waals surface area contributed by atoms with Gasteiger partial charge in [0.1, 0.15) is 5.75 Å². The molecule has 3 nitrogen and oxygen atoms in total. The zero-order valence-corrected chi connectivity index (χ0v) is 12.9. The van der Waals surface area contributed by atoms with E-state index in [2.05, 4.69) is 6.92 Å². The van der Waals surface area contributed by atoms with Crippen molar-refractivity contribution in [3.05, 3.63) is 54.6 Å². The van der Waals surface area contributed by atoms with Crippen LogP contribution in [0.3, 0.4) is 0 Å². The van der Waals surface area contributed by atoms with E-state index in [9.17, 15) is 9.90 Å². The summed E-state index contributed by atoms with van der Waals surface area (Å²) in [5, 5.41) is 9.24. The van der Waals surface area contributed by atoms with E-state index in [1.165, 1.54) is 0 Å². The van der Waals surface area contributed by atoms with Gasteiger partial charge < -0.3 is 9.84 Å². The number of carbonyl (C=O) groups is 1. The number of aliphatic carboxylic acids is 1. The van der Waals surface area contributed by atoms with E-state index in [4.69, 9.17) is 4.74 Å². The van der Waals surface area contributed by atoms with Gasteiger partial charge in [-0.3, -0.25) is 0 Å². The lowest BCUT2D eigenvalue weighted by Gasteiger charge is -2.15. The smallest absolute Gasteiger partial charge is 0.344 e. The molecule has 0 radical (unpaired) electrons. The lowest BCUT2D eigenvalue weighted by molar-refractivity contribution is -0.145. The molecule has 22 heavy (non-hydrogen) atoms. The summed E-state index contributed by atoms with van der Waals surface area (Å²) < 4.78 is 5.61. The second-order valence-corrected chi connectivity index (χ2v) is 5.33. The quantitative estimate of drug-likeness (QED) is 0.714. The van der Waals surface area contributed by atoms with Crippen LogP contribution in [0.4, 0.5) is 0 Å². The molecule has 2 aromatic rings. The molecule has 0 fully saturated rings. The van der Waals surface area contributed by atoms with Crippen LogP contribution in [0.15, 0.2) is 54.6 Å². The summed E-state index contributed by atoms with van der Waals surface area (Å²) in [5.41, 5.74) is 2.22. The van der Waals surface area contributed by atoms with Gasteiger partial charge in [0.05, 0.1) is 0 Å². The van der Waals surface area contributed by atoms with Crippen LogP contribution in [-0.4, -0.2) is 17.2 Å². The zero-order chi connectivity index (χ0) is 15.8.